The van der Waals surface area contributed by atoms with E-state index in [9.17, 15) is 4.79 Å². The fourth-order valence-electron chi connectivity index (χ4n) is 1.82. The Morgan fingerprint density at radius 2 is 2.15 bits per heavy atom. The summed E-state index contributed by atoms with van der Waals surface area (Å²) in [5.74, 6) is -0.161. The van der Waals surface area contributed by atoms with Gasteiger partial charge in [-0.05, 0) is 30.5 Å². The summed E-state index contributed by atoms with van der Waals surface area (Å²) in [6, 6.07) is 3.22. The van der Waals surface area contributed by atoms with Gasteiger partial charge in [-0.2, -0.15) is 0 Å². The van der Waals surface area contributed by atoms with Crippen molar-refractivity contribution in [2.24, 2.45) is 5.92 Å². The normalized spacial score (nSPS) is 12.6. The first kappa shape index (κ1) is 16.9. The second kappa shape index (κ2) is 8.18. The Morgan fingerprint density at radius 1 is 1.45 bits per heavy atom. The number of halogens is 2. The third-order valence-corrected chi connectivity index (χ3v) is 3.24. The molecular formula is C15H18Cl2O3. The zero-order valence-electron chi connectivity index (χ0n) is 11.5. The van der Waals surface area contributed by atoms with Gasteiger partial charge in [0.05, 0.1) is 11.6 Å². The van der Waals surface area contributed by atoms with Gasteiger partial charge in [0.1, 0.15) is 5.75 Å². The third kappa shape index (κ3) is 5.43. The van der Waals surface area contributed by atoms with Gasteiger partial charge in [-0.15, -0.1) is 0 Å². The lowest BCUT2D eigenvalue weighted by Crippen LogP contribution is -2.09. The number of rotatable bonds is 7. The van der Waals surface area contributed by atoms with Crippen LogP contribution in [0.2, 0.25) is 10.0 Å². The van der Waals surface area contributed by atoms with Crippen LogP contribution in [0.5, 0.6) is 5.75 Å². The Kier molecular flexibility index (Phi) is 6.89. The van der Waals surface area contributed by atoms with E-state index in [1.54, 1.807) is 12.1 Å². The van der Waals surface area contributed by atoms with Crippen molar-refractivity contribution in [2.45, 2.75) is 26.7 Å². The van der Waals surface area contributed by atoms with Gasteiger partial charge < -0.3 is 9.84 Å². The summed E-state index contributed by atoms with van der Waals surface area (Å²) in [5.41, 5.74) is 0.564. The number of ether oxygens (including phenoxy) is 1. The Hall–Kier alpha value is -1.19. The lowest BCUT2D eigenvalue weighted by molar-refractivity contribution is -0.131. The quantitative estimate of drug-likeness (QED) is 0.727. The number of aliphatic carboxylic acids is 1. The summed E-state index contributed by atoms with van der Waals surface area (Å²) in [4.78, 5) is 10.6. The fourth-order valence-corrected chi connectivity index (χ4v) is 2.38. The molecule has 110 valence electrons. The van der Waals surface area contributed by atoms with Crippen molar-refractivity contribution in [1.82, 2.24) is 0 Å². The molecule has 1 N–H and O–H groups in total. The SMILES string of the molecule is CCCC(C)COc1c(Cl)cc(Cl)cc1C=CC(=O)O. The number of carboxylic acids is 1. The van der Waals surface area contributed by atoms with Crippen molar-refractivity contribution in [3.05, 3.63) is 33.8 Å². The summed E-state index contributed by atoms with van der Waals surface area (Å²) in [6.45, 7) is 4.75. The van der Waals surface area contributed by atoms with Crippen molar-refractivity contribution in [1.29, 1.82) is 0 Å². The molecule has 0 bridgehead atoms. The molecule has 5 heteroatoms. The minimum absolute atomic E-state index is 0.381. The van der Waals surface area contributed by atoms with Gasteiger partial charge in [0.2, 0.25) is 0 Å². The second-order valence-electron chi connectivity index (χ2n) is 4.68. The van der Waals surface area contributed by atoms with Gasteiger partial charge in [0.25, 0.3) is 0 Å². The van der Waals surface area contributed by atoms with E-state index in [0.29, 0.717) is 33.9 Å². The fraction of sp³-hybridized carbons (Fsp3) is 0.400. The molecule has 0 radical (unpaired) electrons. The number of carboxylic acid groups (broad SMARTS) is 1. The van der Waals surface area contributed by atoms with Crippen LogP contribution in [-0.4, -0.2) is 17.7 Å². The largest absolute Gasteiger partial charge is 0.491 e. The van der Waals surface area contributed by atoms with Crippen molar-refractivity contribution in [2.75, 3.05) is 6.61 Å². The molecular weight excluding hydrogens is 299 g/mol. The molecule has 1 rings (SSSR count). The van der Waals surface area contributed by atoms with Crippen LogP contribution in [0, 0.1) is 5.92 Å². The molecule has 1 unspecified atom stereocenters. The molecule has 1 aromatic carbocycles. The highest BCUT2D eigenvalue weighted by Crippen LogP contribution is 2.33. The summed E-state index contributed by atoms with van der Waals surface area (Å²) >= 11 is 12.0. The lowest BCUT2D eigenvalue weighted by atomic mass is 10.1. The molecule has 0 aliphatic carbocycles. The average Bonchev–Trinajstić information content (AvgIpc) is 2.35. The van der Waals surface area contributed by atoms with E-state index >= 15 is 0 Å². The van der Waals surface area contributed by atoms with Gasteiger partial charge in [-0.1, -0.05) is 43.5 Å². The second-order valence-corrected chi connectivity index (χ2v) is 5.53. The molecule has 0 aromatic heterocycles. The van der Waals surface area contributed by atoms with Crippen LogP contribution in [0.1, 0.15) is 32.3 Å². The van der Waals surface area contributed by atoms with Gasteiger partial charge >= 0.3 is 5.97 Å². The van der Waals surface area contributed by atoms with Crippen molar-refractivity contribution in [3.8, 4) is 5.75 Å². The zero-order valence-corrected chi connectivity index (χ0v) is 13.0. The van der Waals surface area contributed by atoms with Crippen molar-refractivity contribution in [3.63, 3.8) is 0 Å². The van der Waals surface area contributed by atoms with E-state index in [2.05, 4.69) is 13.8 Å². The van der Waals surface area contributed by atoms with Crippen LogP contribution in [0.4, 0.5) is 0 Å². The van der Waals surface area contributed by atoms with E-state index in [1.807, 2.05) is 0 Å². The molecule has 0 saturated heterocycles. The van der Waals surface area contributed by atoms with Crippen LogP contribution in [0.3, 0.4) is 0 Å². The van der Waals surface area contributed by atoms with Crippen LogP contribution in [-0.2, 0) is 4.79 Å². The summed E-state index contributed by atoms with van der Waals surface area (Å²) in [7, 11) is 0. The van der Waals surface area contributed by atoms with Crippen molar-refractivity contribution >= 4 is 35.2 Å². The maximum absolute atomic E-state index is 10.6. The monoisotopic (exact) mass is 316 g/mol. The minimum Gasteiger partial charge on any atom is -0.491 e. The van der Waals surface area contributed by atoms with Crippen LogP contribution >= 0.6 is 23.2 Å². The standard InChI is InChI=1S/C15H18Cl2O3/c1-3-4-10(2)9-20-15-11(5-6-14(18)19)7-12(16)8-13(15)17/h5-8,10H,3-4,9H2,1-2H3,(H,18,19). The highest BCUT2D eigenvalue weighted by Gasteiger charge is 2.11. The molecule has 3 nitrogen and oxygen atoms in total. The molecule has 1 atom stereocenters. The third-order valence-electron chi connectivity index (χ3n) is 2.74. The predicted octanol–water partition coefficient (Wildman–Crippen LogP) is 4.91. The maximum Gasteiger partial charge on any atom is 0.328 e. The lowest BCUT2D eigenvalue weighted by Gasteiger charge is -2.15. The molecule has 0 heterocycles. The Balaban J connectivity index is 2.95. The van der Waals surface area contributed by atoms with Crippen LogP contribution < -0.4 is 4.74 Å². The highest BCUT2D eigenvalue weighted by molar-refractivity contribution is 6.35. The van der Waals surface area contributed by atoms with Gasteiger partial charge in [0.15, 0.2) is 0 Å². The van der Waals surface area contributed by atoms with Gasteiger partial charge in [-0.25, -0.2) is 4.79 Å². The molecule has 1 aromatic rings. The molecule has 0 saturated carbocycles. The van der Waals surface area contributed by atoms with Crippen LogP contribution in [0.25, 0.3) is 6.08 Å². The average molecular weight is 317 g/mol. The summed E-state index contributed by atoms with van der Waals surface area (Å²) < 4.78 is 5.73. The Labute approximate surface area is 129 Å². The minimum atomic E-state index is -1.04. The zero-order chi connectivity index (χ0) is 15.1. The molecule has 20 heavy (non-hydrogen) atoms. The van der Waals surface area contributed by atoms with Crippen LogP contribution in [0.15, 0.2) is 18.2 Å². The number of hydrogen-bond donors (Lipinski definition) is 1. The molecule has 0 aliphatic rings. The number of benzene rings is 1. The highest BCUT2D eigenvalue weighted by atomic mass is 35.5. The topological polar surface area (TPSA) is 46.5 Å². The first-order valence-corrected chi connectivity index (χ1v) is 7.22. The molecule has 0 aliphatic heterocycles. The van der Waals surface area contributed by atoms with E-state index in [1.165, 1.54) is 6.08 Å². The van der Waals surface area contributed by atoms with E-state index < -0.39 is 5.97 Å². The van der Waals surface area contributed by atoms with E-state index in [-0.39, 0.29) is 0 Å². The summed E-state index contributed by atoms with van der Waals surface area (Å²) in [6.07, 6.45) is 4.61. The maximum atomic E-state index is 10.6. The molecule has 0 amide bonds. The summed E-state index contributed by atoms with van der Waals surface area (Å²) in [5, 5.41) is 9.52. The van der Waals surface area contributed by atoms with E-state index in [0.717, 1.165) is 18.9 Å². The number of carbonyl (C=O) groups is 1. The Morgan fingerprint density at radius 3 is 2.75 bits per heavy atom. The predicted molar refractivity (Wildman–Crippen MR) is 82.7 cm³/mol. The van der Waals surface area contributed by atoms with Crippen molar-refractivity contribution < 1.29 is 14.6 Å². The molecule has 0 spiro atoms. The van der Waals surface area contributed by atoms with Gasteiger partial charge in [0, 0.05) is 16.7 Å². The Bertz CT molecular complexity index is 498. The smallest absolute Gasteiger partial charge is 0.328 e. The number of hydrogen-bond acceptors (Lipinski definition) is 2. The first-order chi connectivity index (χ1) is 9.43. The first-order valence-electron chi connectivity index (χ1n) is 6.46. The molecule has 0 fully saturated rings. The van der Waals surface area contributed by atoms with Gasteiger partial charge in [-0.3, -0.25) is 0 Å². The van der Waals surface area contributed by atoms with E-state index in [4.69, 9.17) is 33.0 Å².